The SMILES string of the molecule is CCNC(=O)[C@@H]1Cc2c([nH]c3ccccc23)C(C2CCCCC2)N1. The zero-order valence-corrected chi connectivity index (χ0v) is 14.4. The molecular formula is C20H27N3O. The lowest BCUT2D eigenvalue weighted by Crippen LogP contribution is -2.51. The molecule has 1 aliphatic heterocycles. The van der Waals surface area contributed by atoms with E-state index in [1.54, 1.807) is 0 Å². The smallest absolute Gasteiger partial charge is 0.237 e. The van der Waals surface area contributed by atoms with E-state index in [1.165, 1.54) is 54.3 Å². The molecule has 1 unspecified atom stereocenters. The molecule has 4 nitrogen and oxygen atoms in total. The number of hydrogen-bond acceptors (Lipinski definition) is 2. The molecule has 0 bridgehead atoms. The summed E-state index contributed by atoms with van der Waals surface area (Å²) in [5.74, 6) is 0.761. The van der Waals surface area contributed by atoms with Crippen molar-refractivity contribution in [3.05, 3.63) is 35.5 Å². The summed E-state index contributed by atoms with van der Waals surface area (Å²) in [4.78, 5) is 16.2. The van der Waals surface area contributed by atoms with E-state index < -0.39 is 0 Å². The second-order valence-electron chi connectivity index (χ2n) is 7.26. The summed E-state index contributed by atoms with van der Waals surface area (Å²) in [7, 11) is 0. The number of H-pyrrole nitrogens is 1. The molecule has 0 radical (unpaired) electrons. The molecule has 1 aliphatic carbocycles. The number of amides is 1. The van der Waals surface area contributed by atoms with Crippen LogP contribution in [-0.2, 0) is 11.2 Å². The third-order valence-corrected chi connectivity index (χ3v) is 5.74. The summed E-state index contributed by atoms with van der Waals surface area (Å²) < 4.78 is 0. The first kappa shape index (κ1) is 15.7. The zero-order valence-electron chi connectivity index (χ0n) is 14.4. The fourth-order valence-corrected chi connectivity index (χ4v) is 4.57. The molecule has 128 valence electrons. The van der Waals surface area contributed by atoms with E-state index in [-0.39, 0.29) is 18.0 Å². The van der Waals surface area contributed by atoms with Gasteiger partial charge in [0.25, 0.3) is 0 Å². The molecule has 0 spiro atoms. The third-order valence-electron chi connectivity index (χ3n) is 5.74. The van der Waals surface area contributed by atoms with Gasteiger partial charge in [-0.3, -0.25) is 10.1 Å². The Morgan fingerprint density at radius 1 is 1.21 bits per heavy atom. The van der Waals surface area contributed by atoms with Gasteiger partial charge in [-0.15, -0.1) is 0 Å². The maximum absolute atomic E-state index is 12.5. The fourth-order valence-electron chi connectivity index (χ4n) is 4.57. The molecule has 1 saturated carbocycles. The number of likely N-dealkylation sites (N-methyl/N-ethyl adjacent to an activating group) is 1. The average molecular weight is 325 g/mol. The van der Waals surface area contributed by atoms with Gasteiger partial charge in [-0.2, -0.15) is 0 Å². The monoisotopic (exact) mass is 325 g/mol. The van der Waals surface area contributed by atoms with Crippen molar-refractivity contribution in [1.82, 2.24) is 15.6 Å². The van der Waals surface area contributed by atoms with Crippen LogP contribution in [0, 0.1) is 5.92 Å². The van der Waals surface area contributed by atoms with Gasteiger partial charge in [0.05, 0.1) is 12.1 Å². The number of fused-ring (bicyclic) bond motifs is 3. The second-order valence-corrected chi connectivity index (χ2v) is 7.26. The predicted octanol–water partition coefficient (Wildman–Crippen LogP) is 3.44. The van der Waals surface area contributed by atoms with Crippen LogP contribution in [-0.4, -0.2) is 23.5 Å². The molecular weight excluding hydrogens is 298 g/mol. The van der Waals surface area contributed by atoms with Gasteiger partial charge in [-0.05, 0) is 43.7 Å². The van der Waals surface area contributed by atoms with Crippen molar-refractivity contribution in [2.45, 2.75) is 57.5 Å². The second kappa shape index (κ2) is 6.60. The highest BCUT2D eigenvalue weighted by molar-refractivity contribution is 5.88. The van der Waals surface area contributed by atoms with Crippen molar-refractivity contribution in [2.75, 3.05) is 6.54 Å². The molecule has 1 amide bonds. The number of rotatable bonds is 3. The van der Waals surface area contributed by atoms with Crippen LogP contribution in [0.3, 0.4) is 0 Å². The summed E-state index contributed by atoms with van der Waals surface area (Å²) in [6, 6.07) is 8.65. The summed E-state index contributed by atoms with van der Waals surface area (Å²) in [6.45, 7) is 2.67. The molecule has 1 aromatic heterocycles. The average Bonchev–Trinajstić information content (AvgIpc) is 3.00. The Hall–Kier alpha value is -1.81. The molecule has 2 aromatic rings. The van der Waals surface area contributed by atoms with Crippen molar-refractivity contribution in [3.63, 3.8) is 0 Å². The molecule has 2 heterocycles. The normalized spacial score (nSPS) is 24.7. The molecule has 2 atom stereocenters. The maximum atomic E-state index is 12.5. The predicted molar refractivity (Wildman–Crippen MR) is 96.9 cm³/mol. The van der Waals surface area contributed by atoms with Gasteiger partial charge < -0.3 is 10.3 Å². The minimum atomic E-state index is -0.122. The van der Waals surface area contributed by atoms with E-state index in [0.717, 1.165) is 6.42 Å². The van der Waals surface area contributed by atoms with Crippen molar-refractivity contribution in [3.8, 4) is 0 Å². The van der Waals surface area contributed by atoms with E-state index >= 15 is 0 Å². The molecule has 3 N–H and O–H groups in total. The Labute approximate surface area is 143 Å². The van der Waals surface area contributed by atoms with Gasteiger partial charge in [-0.25, -0.2) is 0 Å². The van der Waals surface area contributed by atoms with Crippen LogP contribution >= 0.6 is 0 Å². The molecule has 2 aliphatic rings. The summed E-state index contributed by atoms with van der Waals surface area (Å²) in [5, 5.41) is 7.96. The van der Waals surface area contributed by atoms with Crippen LogP contribution in [0.1, 0.15) is 56.3 Å². The fraction of sp³-hybridized carbons (Fsp3) is 0.550. The van der Waals surface area contributed by atoms with Gasteiger partial charge in [0, 0.05) is 23.1 Å². The summed E-state index contributed by atoms with van der Waals surface area (Å²) in [6.07, 6.45) is 7.26. The molecule has 24 heavy (non-hydrogen) atoms. The quantitative estimate of drug-likeness (QED) is 0.809. The van der Waals surface area contributed by atoms with Crippen LogP contribution in [0.5, 0.6) is 0 Å². The molecule has 4 rings (SSSR count). The van der Waals surface area contributed by atoms with Crippen molar-refractivity contribution < 1.29 is 4.79 Å². The lowest BCUT2D eigenvalue weighted by atomic mass is 9.79. The summed E-state index contributed by atoms with van der Waals surface area (Å²) in [5.41, 5.74) is 3.86. The number of carbonyl (C=O) groups is 1. The van der Waals surface area contributed by atoms with Gasteiger partial charge in [0.2, 0.25) is 5.91 Å². The minimum absolute atomic E-state index is 0.122. The topological polar surface area (TPSA) is 56.9 Å². The van der Waals surface area contributed by atoms with Gasteiger partial charge >= 0.3 is 0 Å². The highest BCUT2D eigenvalue weighted by Gasteiger charge is 2.37. The van der Waals surface area contributed by atoms with E-state index in [4.69, 9.17) is 0 Å². The first-order valence-corrected chi connectivity index (χ1v) is 9.41. The molecule has 4 heteroatoms. The first-order chi connectivity index (χ1) is 11.8. The number of aromatic nitrogens is 1. The zero-order chi connectivity index (χ0) is 16.5. The third kappa shape index (κ3) is 2.73. The highest BCUT2D eigenvalue weighted by atomic mass is 16.2. The number of carbonyl (C=O) groups excluding carboxylic acids is 1. The standard InChI is InChI=1S/C20H27N3O/c1-2-21-20(24)17-12-15-14-10-6-7-11-16(14)22-19(15)18(23-17)13-8-4-3-5-9-13/h6-7,10-11,13,17-18,22-23H,2-5,8-9,12H2,1H3,(H,21,24)/t17-,18?/m0/s1. The minimum Gasteiger partial charge on any atom is -0.357 e. The molecule has 1 aromatic carbocycles. The highest BCUT2D eigenvalue weighted by Crippen LogP contribution is 2.40. The maximum Gasteiger partial charge on any atom is 0.237 e. The Morgan fingerprint density at radius 3 is 2.79 bits per heavy atom. The van der Waals surface area contributed by atoms with E-state index in [1.807, 2.05) is 6.92 Å². The lowest BCUT2D eigenvalue weighted by molar-refractivity contribution is -0.123. The Balaban J connectivity index is 1.74. The van der Waals surface area contributed by atoms with Crippen molar-refractivity contribution in [1.29, 1.82) is 0 Å². The van der Waals surface area contributed by atoms with E-state index in [0.29, 0.717) is 12.5 Å². The van der Waals surface area contributed by atoms with Crippen molar-refractivity contribution in [2.24, 2.45) is 5.92 Å². The van der Waals surface area contributed by atoms with Gasteiger partial charge in [0.15, 0.2) is 0 Å². The van der Waals surface area contributed by atoms with Crippen LogP contribution < -0.4 is 10.6 Å². The van der Waals surface area contributed by atoms with Gasteiger partial charge in [-0.1, -0.05) is 37.5 Å². The summed E-state index contributed by atoms with van der Waals surface area (Å²) >= 11 is 0. The Morgan fingerprint density at radius 2 is 2.00 bits per heavy atom. The van der Waals surface area contributed by atoms with E-state index in [9.17, 15) is 4.79 Å². The van der Waals surface area contributed by atoms with Crippen LogP contribution in [0.15, 0.2) is 24.3 Å². The molecule has 1 fully saturated rings. The number of para-hydroxylation sites is 1. The van der Waals surface area contributed by atoms with Gasteiger partial charge in [0.1, 0.15) is 0 Å². The Kier molecular flexibility index (Phi) is 4.31. The largest absolute Gasteiger partial charge is 0.357 e. The first-order valence-electron chi connectivity index (χ1n) is 9.41. The number of aromatic amines is 1. The lowest BCUT2D eigenvalue weighted by Gasteiger charge is -2.37. The number of nitrogens with one attached hydrogen (secondary N) is 3. The Bertz CT molecular complexity index is 730. The number of hydrogen-bond donors (Lipinski definition) is 3. The van der Waals surface area contributed by atoms with Crippen molar-refractivity contribution >= 4 is 16.8 Å². The van der Waals surface area contributed by atoms with Crippen LogP contribution in [0.25, 0.3) is 10.9 Å². The van der Waals surface area contributed by atoms with E-state index in [2.05, 4.69) is 39.9 Å². The molecule has 0 saturated heterocycles. The van der Waals surface area contributed by atoms with Crippen LogP contribution in [0.2, 0.25) is 0 Å². The van der Waals surface area contributed by atoms with Crippen LogP contribution in [0.4, 0.5) is 0 Å². The number of benzene rings is 1.